The zero-order valence-corrected chi connectivity index (χ0v) is 17.7. The second-order valence-electron chi connectivity index (χ2n) is 9.09. The molecule has 0 radical (unpaired) electrons. The molecule has 154 valence electrons. The molecular weight excluding hydrogens is 382 g/mol. The molecule has 5 heteroatoms. The quantitative estimate of drug-likeness (QED) is 0.690. The smallest absolute Gasteiger partial charge is 0.261 e. The van der Waals surface area contributed by atoms with Crippen molar-refractivity contribution in [3.8, 4) is 5.75 Å². The van der Waals surface area contributed by atoms with Gasteiger partial charge in [-0.2, -0.15) is 0 Å². The van der Waals surface area contributed by atoms with Gasteiger partial charge in [0.05, 0.1) is 11.5 Å². The number of hydrogen-bond acceptors (Lipinski definition) is 3. The highest BCUT2D eigenvalue weighted by Gasteiger charge is 2.48. The monoisotopic (exact) mass is 411 g/mol. The molecule has 4 saturated carbocycles. The van der Waals surface area contributed by atoms with Gasteiger partial charge in [0, 0.05) is 5.69 Å². The summed E-state index contributed by atoms with van der Waals surface area (Å²) in [5.74, 6) is 4.93. The van der Waals surface area contributed by atoms with Crippen LogP contribution in [0, 0.1) is 23.7 Å². The Morgan fingerprint density at radius 2 is 1.45 bits per heavy atom. The predicted octanol–water partition coefficient (Wildman–Crippen LogP) is 5.43. The Hall–Kier alpha value is -2.01. The Balaban J connectivity index is 1.30. The summed E-state index contributed by atoms with van der Waals surface area (Å²) in [4.78, 5) is 0.242. The first-order valence-electron chi connectivity index (χ1n) is 10.9. The van der Waals surface area contributed by atoms with Crippen LogP contribution in [-0.4, -0.2) is 15.0 Å². The highest BCUT2D eigenvalue weighted by atomic mass is 32.2. The van der Waals surface area contributed by atoms with E-state index in [4.69, 9.17) is 4.74 Å². The third-order valence-electron chi connectivity index (χ3n) is 7.22. The van der Waals surface area contributed by atoms with E-state index >= 15 is 0 Å². The highest BCUT2D eigenvalue weighted by molar-refractivity contribution is 7.92. The minimum atomic E-state index is -3.60. The third-order valence-corrected chi connectivity index (χ3v) is 8.62. The standard InChI is InChI=1S/C24H29NO3S/c1-2-28-22-7-9-23(10-8-22)29(26,27)25-21-5-3-18(4-6-21)24-19-12-16-11-17(14-19)15-20(24)13-16/h3-10,16-17,19-20,24-25H,2,11-15H2,1H3. The molecule has 6 rings (SSSR count). The highest BCUT2D eigenvalue weighted by Crippen LogP contribution is 2.59. The Bertz CT molecular complexity index is 938. The zero-order valence-electron chi connectivity index (χ0n) is 16.9. The largest absolute Gasteiger partial charge is 0.494 e. The van der Waals surface area contributed by atoms with Gasteiger partial charge in [-0.25, -0.2) is 8.42 Å². The maximum atomic E-state index is 12.7. The molecule has 4 fully saturated rings. The van der Waals surface area contributed by atoms with Crippen molar-refractivity contribution in [3.05, 3.63) is 54.1 Å². The summed E-state index contributed by atoms with van der Waals surface area (Å²) in [7, 11) is -3.60. The fraction of sp³-hybridized carbons (Fsp3) is 0.500. The van der Waals surface area contributed by atoms with Gasteiger partial charge in [-0.3, -0.25) is 4.72 Å². The van der Waals surface area contributed by atoms with Crippen molar-refractivity contribution in [3.63, 3.8) is 0 Å². The Morgan fingerprint density at radius 1 is 0.862 bits per heavy atom. The number of rotatable bonds is 6. The number of benzene rings is 2. The summed E-state index contributed by atoms with van der Waals surface area (Å²) >= 11 is 0. The maximum absolute atomic E-state index is 12.7. The van der Waals surface area contributed by atoms with Gasteiger partial charge in [-0.1, -0.05) is 12.1 Å². The second-order valence-corrected chi connectivity index (χ2v) is 10.8. The van der Waals surface area contributed by atoms with Crippen molar-refractivity contribution in [1.82, 2.24) is 0 Å². The van der Waals surface area contributed by atoms with Gasteiger partial charge >= 0.3 is 0 Å². The molecule has 2 aromatic rings. The fourth-order valence-corrected chi connectivity index (χ4v) is 7.40. The van der Waals surface area contributed by atoms with E-state index in [1.54, 1.807) is 24.3 Å². The molecule has 29 heavy (non-hydrogen) atoms. The van der Waals surface area contributed by atoms with Crippen molar-refractivity contribution in [1.29, 1.82) is 0 Å². The van der Waals surface area contributed by atoms with Crippen LogP contribution in [0.15, 0.2) is 53.4 Å². The average molecular weight is 412 g/mol. The summed E-state index contributed by atoms with van der Waals surface area (Å²) in [5, 5.41) is 0. The summed E-state index contributed by atoms with van der Waals surface area (Å²) in [6.07, 6.45) is 7.03. The molecule has 0 amide bonds. The van der Waals surface area contributed by atoms with Crippen LogP contribution in [0.2, 0.25) is 0 Å². The molecular formula is C24H29NO3S. The zero-order chi connectivity index (χ0) is 20.0. The third kappa shape index (κ3) is 3.65. The van der Waals surface area contributed by atoms with Crippen LogP contribution in [-0.2, 0) is 10.0 Å². The van der Waals surface area contributed by atoms with Crippen LogP contribution in [0.1, 0.15) is 50.5 Å². The summed E-state index contributed by atoms with van der Waals surface area (Å²) < 4.78 is 33.5. The van der Waals surface area contributed by atoms with E-state index in [9.17, 15) is 8.42 Å². The van der Waals surface area contributed by atoms with Crippen LogP contribution in [0.3, 0.4) is 0 Å². The van der Waals surface area contributed by atoms with Crippen LogP contribution in [0.25, 0.3) is 0 Å². The molecule has 4 aliphatic rings. The van der Waals surface area contributed by atoms with E-state index in [0.29, 0.717) is 24.0 Å². The van der Waals surface area contributed by atoms with Gasteiger partial charge in [0.15, 0.2) is 0 Å². The number of hydrogen-bond donors (Lipinski definition) is 1. The molecule has 4 bridgehead atoms. The second kappa shape index (κ2) is 7.35. The van der Waals surface area contributed by atoms with E-state index in [1.807, 2.05) is 19.1 Å². The SMILES string of the molecule is CCOc1ccc(S(=O)(=O)Nc2ccc(C3C4CC5CC(C4)CC3C5)cc2)cc1. The van der Waals surface area contributed by atoms with Crippen LogP contribution in [0.5, 0.6) is 5.75 Å². The van der Waals surface area contributed by atoms with Crippen LogP contribution < -0.4 is 9.46 Å². The van der Waals surface area contributed by atoms with Crippen molar-refractivity contribution < 1.29 is 13.2 Å². The molecule has 0 aromatic heterocycles. The predicted molar refractivity (Wildman–Crippen MR) is 115 cm³/mol. The molecule has 0 heterocycles. The van der Waals surface area contributed by atoms with Gasteiger partial charge < -0.3 is 4.74 Å². The first kappa shape index (κ1) is 19.0. The molecule has 0 saturated heterocycles. The average Bonchev–Trinajstić information content (AvgIpc) is 2.69. The van der Waals surface area contributed by atoms with E-state index < -0.39 is 10.0 Å². The van der Waals surface area contributed by atoms with Gasteiger partial charge in [0.1, 0.15) is 5.75 Å². The van der Waals surface area contributed by atoms with Crippen LogP contribution in [0.4, 0.5) is 5.69 Å². The molecule has 0 spiro atoms. The Kier molecular flexibility index (Phi) is 4.81. The molecule has 0 aliphatic heterocycles. The minimum Gasteiger partial charge on any atom is -0.494 e. The van der Waals surface area contributed by atoms with Gasteiger partial charge in [-0.15, -0.1) is 0 Å². The molecule has 4 nitrogen and oxygen atoms in total. The lowest BCUT2D eigenvalue weighted by molar-refractivity contribution is -0.00277. The number of sulfonamides is 1. The number of nitrogens with one attached hydrogen (secondary N) is 1. The molecule has 0 unspecified atom stereocenters. The van der Waals surface area contributed by atoms with E-state index in [1.165, 1.54) is 37.7 Å². The number of ether oxygens (including phenoxy) is 1. The van der Waals surface area contributed by atoms with Gasteiger partial charge in [0.2, 0.25) is 0 Å². The lowest BCUT2D eigenvalue weighted by Gasteiger charge is -2.54. The van der Waals surface area contributed by atoms with E-state index in [2.05, 4.69) is 16.9 Å². The topological polar surface area (TPSA) is 55.4 Å². The van der Waals surface area contributed by atoms with Crippen molar-refractivity contribution in [2.75, 3.05) is 11.3 Å². The first-order chi connectivity index (χ1) is 14.0. The lowest BCUT2D eigenvalue weighted by Crippen LogP contribution is -2.43. The lowest BCUT2D eigenvalue weighted by atomic mass is 9.51. The summed E-state index contributed by atoms with van der Waals surface area (Å²) in [5.41, 5.74) is 2.01. The van der Waals surface area contributed by atoms with Crippen molar-refractivity contribution in [2.24, 2.45) is 23.7 Å². The van der Waals surface area contributed by atoms with Gasteiger partial charge in [0.25, 0.3) is 10.0 Å². The van der Waals surface area contributed by atoms with Crippen LogP contribution >= 0.6 is 0 Å². The normalized spacial score (nSPS) is 30.3. The van der Waals surface area contributed by atoms with Crippen molar-refractivity contribution >= 4 is 15.7 Å². The fourth-order valence-electron chi connectivity index (χ4n) is 6.34. The summed E-state index contributed by atoms with van der Waals surface area (Å²) in [6, 6.07) is 14.7. The maximum Gasteiger partial charge on any atom is 0.261 e. The Morgan fingerprint density at radius 3 is 2.00 bits per heavy atom. The Labute approximate surface area is 173 Å². The van der Waals surface area contributed by atoms with E-state index in [0.717, 1.165) is 23.7 Å². The van der Waals surface area contributed by atoms with E-state index in [-0.39, 0.29) is 4.90 Å². The minimum absolute atomic E-state index is 0.242. The molecule has 1 N–H and O–H groups in total. The molecule has 4 aliphatic carbocycles. The first-order valence-corrected chi connectivity index (χ1v) is 12.4. The van der Waals surface area contributed by atoms with Gasteiger partial charge in [-0.05, 0) is 111 Å². The summed E-state index contributed by atoms with van der Waals surface area (Å²) in [6.45, 7) is 2.46. The number of anilines is 1. The molecule has 0 atom stereocenters. The molecule has 2 aromatic carbocycles. The van der Waals surface area contributed by atoms with Crippen molar-refractivity contribution in [2.45, 2.75) is 49.8 Å².